The highest BCUT2D eigenvalue weighted by Crippen LogP contribution is 2.26. The van der Waals surface area contributed by atoms with Crippen molar-refractivity contribution in [3.63, 3.8) is 0 Å². The molecule has 1 aliphatic heterocycles. The molecule has 1 atom stereocenters. The summed E-state index contributed by atoms with van der Waals surface area (Å²) in [6.45, 7) is 2.77. The summed E-state index contributed by atoms with van der Waals surface area (Å²) in [4.78, 5) is 2.94. The van der Waals surface area contributed by atoms with E-state index in [1.54, 1.807) is 24.3 Å². The Morgan fingerprint density at radius 2 is 1.64 bits per heavy atom. The molecular weight excluding hydrogens is 330 g/mol. The third kappa shape index (κ3) is 4.20. The Hall–Kier alpha value is -2.33. The van der Waals surface area contributed by atoms with Crippen molar-refractivity contribution in [1.82, 2.24) is 4.90 Å². The summed E-state index contributed by atoms with van der Waals surface area (Å²) in [6.07, 6.45) is 7.32. The average Bonchev–Trinajstić information content (AvgIpc) is 2.63. The first-order chi connectivity index (χ1) is 12.1. The molecule has 4 heteroatoms. The van der Waals surface area contributed by atoms with Crippen LogP contribution in [0.25, 0.3) is 0 Å². The van der Waals surface area contributed by atoms with E-state index in [4.69, 9.17) is 0 Å². The zero-order chi connectivity index (χ0) is 17.7. The monoisotopic (exact) mass is 353 g/mol. The Balaban J connectivity index is 1.96. The van der Waals surface area contributed by atoms with Gasteiger partial charge in [0.05, 0.1) is 9.80 Å². The molecular formula is C21H23NO2S. The van der Waals surface area contributed by atoms with E-state index in [2.05, 4.69) is 36.1 Å². The molecule has 1 aliphatic rings. The van der Waals surface area contributed by atoms with Gasteiger partial charge < -0.3 is 4.90 Å². The molecule has 0 radical (unpaired) electrons. The third-order valence-electron chi connectivity index (χ3n) is 4.41. The Morgan fingerprint density at radius 3 is 2.32 bits per heavy atom. The first kappa shape index (κ1) is 17.5. The minimum absolute atomic E-state index is 0.140. The van der Waals surface area contributed by atoms with Crippen molar-refractivity contribution in [2.75, 3.05) is 0 Å². The van der Waals surface area contributed by atoms with Crippen molar-refractivity contribution in [1.29, 1.82) is 0 Å². The van der Waals surface area contributed by atoms with Crippen LogP contribution in [-0.4, -0.2) is 19.4 Å². The van der Waals surface area contributed by atoms with E-state index < -0.39 is 9.84 Å². The summed E-state index contributed by atoms with van der Waals surface area (Å²) in [5.41, 5.74) is 1.16. The molecule has 3 rings (SSSR count). The van der Waals surface area contributed by atoms with Crippen LogP contribution in [0.15, 0.2) is 88.8 Å². The van der Waals surface area contributed by atoms with Gasteiger partial charge in [-0.05, 0) is 37.5 Å². The number of rotatable bonds is 4. The Labute approximate surface area is 150 Å². The van der Waals surface area contributed by atoms with Crippen LogP contribution in [0.4, 0.5) is 0 Å². The van der Waals surface area contributed by atoms with Gasteiger partial charge in [-0.1, -0.05) is 60.7 Å². The first-order valence-electron chi connectivity index (χ1n) is 8.54. The molecule has 0 saturated carbocycles. The highest BCUT2D eigenvalue weighted by molar-refractivity contribution is 7.95. The van der Waals surface area contributed by atoms with Crippen molar-refractivity contribution in [3.05, 3.63) is 89.5 Å². The smallest absolute Gasteiger partial charge is 0.204 e. The molecule has 2 aromatic rings. The SMILES string of the molecule is CC1/C=C\CC/C(S(=O)(=O)c2ccccc2)=C\N1Cc1ccccc1. The normalized spacial score (nSPS) is 21.7. The summed E-state index contributed by atoms with van der Waals surface area (Å²) in [7, 11) is -3.46. The van der Waals surface area contributed by atoms with E-state index in [0.29, 0.717) is 22.8 Å². The van der Waals surface area contributed by atoms with Crippen LogP contribution in [0, 0.1) is 0 Å². The van der Waals surface area contributed by atoms with E-state index in [0.717, 1.165) is 12.0 Å². The van der Waals surface area contributed by atoms with E-state index in [9.17, 15) is 8.42 Å². The maximum absolute atomic E-state index is 13.0. The highest BCUT2D eigenvalue weighted by atomic mass is 32.2. The van der Waals surface area contributed by atoms with Crippen molar-refractivity contribution >= 4 is 9.84 Å². The lowest BCUT2D eigenvalue weighted by Crippen LogP contribution is -2.28. The fourth-order valence-corrected chi connectivity index (χ4v) is 4.41. The van der Waals surface area contributed by atoms with E-state index in [1.807, 2.05) is 30.5 Å². The molecule has 1 unspecified atom stereocenters. The maximum Gasteiger partial charge on any atom is 0.204 e. The van der Waals surface area contributed by atoms with Crippen LogP contribution >= 0.6 is 0 Å². The minimum Gasteiger partial charge on any atom is -0.366 e. The summed E-state index contributed by atoms with van der Waals surface area (Å²) in [5, 5.41) is 0. The lowest BCUT2D eigenvalue weighted by molar-refractivity contribution is 0.325. The van der Waals surface area contributed by atoms with Crippen molar-refractivity contribution in [3.8, 4) is 0 Å². The number of allylic oxidation sites excluding steroid dienone is 2. The zero-order valence-corrected chi connectivity index (χ0v) is 15.2. The zero-order valence-electron chi connectivity index (χ0n) is 14.4. The largest absolute Gasteiger partial charge is 0.366 e. The fraction of sp³-hybridized carbons (Fsp3) is 0.238. The Kier molecular flexibility index (Phi) is 5.39. The van der Waals surface area contributed by atoms with Gasteiger partial charge in [-0.25, -0.2) is 8.42 Å². The van der Waals surface area contributed by atoms with Crippen molar-refractivity contribution < 1.29 is 8.42 Å². The second-order valence-electron chi connectivity index (χ2n) is 6.28. The molecule has 130 valence electrons. The Bertz CT molecular complexity index is 855. The van der Waals surface area contributed by atoms with Gasteiger partial charge in [0.1, 0.15) is 0 Å². The van der Waals surface area contributed by atoms with E-state index >= 15 is 0 Å². The molecule has 25 heavy (non-hydrogen) atoms. The van der Waals surface area contributed by atoms with Gasteiger partial charge in [0.25, 0.3) is 0 Å². The molecule has 0 amide bonds. The third-order valence-corrected chi connectivity index (χ3v) is 6.30. The molecule has 0 aliphatic carbocycles. The number of hydrogen-bond acceptors (Lipinski definition) is 3. The minimum atomic E-state index is -3.46. The number of benzene rings is 2. The van der Waals surface area contributed by atoms with Crippen LogP contribution in [0.1, 0.15) is 25.3 Å². The summed E-state index contributed by atoms with van der Waals surface area (Å²) in [6, 6.07) is 19.0. The lowest BCUT2D eigenvalue weighted by Gasteiger charge is -2.28. The Morgan fingerprint density at radius 1 is 1.00 bits per heavy atom. The molecule has 0 saturated heterocycles. The number of sulfone groups is 1. The molecule has 2 aromatic carbocycles. The van der Waals surface area contributed by atoms with Gasteiger partial charge >= 0.3 is 0 Å². The van der Waals surface area contributed by atoms with Crippen LogP contribution in [-0.2, 0) is 16.4 Å². The van der Waals surface area contributed by atoms with Gasteiger partial charge in [-0.3, -0.25) is 0 Å². The number of hydrogen-bond donors (Lipinski definition) is 0. The van der Waals surface area contributed by atoms with Crippen LogP contribution in [0.3, 0.4) is 0 Å². The topological polar surface area (TPSA) is 37.4 Å². The van der Waals surface area contributed by atoms with E-state index in [-0.39, 0.29) is 6.04 Å². The van der Waals surface area contributed by atoms with Crippen LogP contribution in [0.5, 0.6) is 0 Å². The lowest BCUT2D eigenvalue weighted by atomic mass is 10.1. The average molecular weight is 353 g/mol. The predicted octanol–water partition coefficient (Wildman–Crippen LogP) is 4.54. The fourth-order valence-electron chi connectivity index (χ4n) is 2.94. The van der Waals surface area contributed by atoms with Crippen LogP contribution < -0.4 is 0 Å². The van der Waals surface area contributed by atoms with Gasteiger partial charge in [0, 0.05) is 18.8 Å². The molecule has 1 heterocycles. The summed E-state index contributed by atoms with van der Waals surface area (Å²) in [5.74, 6) is 0. The first-order valence-corrected chi connectivity index (χ1v) is 10.0. The second-order valence-corrected chi connectivity index (χ2v) is 8.28. The summed E-state index contributed by atoms with van der Waals surface area (Å²) >= 11 is 0. The maximum atomic E-state index is 13.0. The van der Waals surface area contributed by atoms with Crippen molar-refractivity contribution in [2.45, 2.75) is 37.2 Å². The standard InChI is InChI=1S/C21H23NO2S/c1-18-10-8-9-15-21(25(23,24)20-13-6-3-7-14-20)17-22(18)16-19-11-4-2-5-12-19/h2-8,10-14,17-18H,9,15-16H2,1H3/b10-8-,21-17+. The summed E-state index contributed by atoms with van der Waals surface area (Å²) < 4.78 is 26.1. The number of nitrogens with zero attached hydrogens (tertiary/aromatic N) is 1. The molecule has 0 N–H and O–H groups in total. The molecule has 0 aromatic heterocycles. The van der Waals surface area contributed by atoms with Gasteiger partial charge in [0.15, 0.2) is 0 Å². The highest BCUT2D eigenvalue weighted by Gasteiger charge is 2.23. The molecule has 0 fully saturated rings. The van der Waals surface area contributed by atoms with Gasteiger partial charge in [0.2, 0.25) is 9.84 Å². The molecule has 3 nitrogen and oxygen atoms in total. The van der Waals surface area contributed by atoms with Gasteiger partial charge in [-0.2, -0.15) is 0 Å². The van der Waals surface area contributed by atoms with E-state index in [1.165, 1.54) is 0 Å². The quantitative estimate of drug-likeness (QED) is 0.757. The molecule has 0 spiro atoms. The molecule has 0 bridgehead atoms. The van der Waals surface area contributed by atoms with Crippen LogP contribution in [0.2, 0.25) is 0 Å². The van der Waals surface area contributed by atoms with Crippen molar-refractivity contribution in [2.24, 2.45) is 0 Å². The second kappa shape index (κ2) is 7.70. The predicted molar refractivity (Wildman–Crippen MR) is 102 cm³/mol. The van der Waals surface area contributed by atoms with Gasteiger partial charge in [-0.15, -0.1) is 0 Å².